The number of rotatable bonds is 8. The van der Waals surface area contributed by atoms with Crippen LogP contribution in [-0.4, -0.2) is 66.4 Å². The minimum atomic E-state index is -0.169. The number of nitrogens with zero attached hydrogens (tertiary/aromatic N) is 3. The molecule has 0 saturated carbocycles. The Balaban J connectivity index is 0.000000996. The molecule has 3 aromatic rings. The third-order valence-corrected chi connectivity index (χ3v) is 9.15. The molecule has 4 heterocycles. The van der Waals surface area contributed by atoms with Crippen LogP contribution in [0.4, 0.5) is 5.69 Å². The van der Waals surface area contributed by atoms with Gasteiger partial charge in [-0.3, -0.25) is 27.3 Å². The summed E-state index contributed by atoms with van der Waals surface area (Å²) in [6.45, 7) is 9.40. The van der Waals surface area contributed by atoms with E-state index < -0.39 is 0 Å². The van der Waals surface area contributed by atoms with E-state index >= 15 is 0 Å². The van der Waals surface area contributed by atoms with Crippen LogP contribution in [0.3, 0.4) is 0 Å². The summed E-state index contributed by atoms with van der Waals surface area (Å²) < 4.78 is 33.2. The predicted molar refractivity (Wildman–Crippen MR) is 187 cm³/mol. The molecule has 4 aliphatic heterocycles. The van der Waals surface area contributed by atoms with Crippen LogP contribution in [0.2, 0.25) is 0 Å². The zero-order valence-corrected chi connectivity index (χ0v) is 34.5. The van der Waals surface area contributed by atoms with E-state index in [1.807, 2.05) is 42.2 Å². The fraction of sp³-hybridized carbons (Fsp3) is 0.325. The molecule has 51 heavy (non-hydrogen) atoms. The van der Waals surface area contributed by atoms with E-state index in [2.05, 4.69) is 18.0 Å². The van der Waals surface area contributed by atoms with Gasteiger partial charge in [0.05, 0.1) is 40.4 Å². The minimum absolute atomic E-state index is 0. The van der Waals surface area contributed by atoms with Gasteiger partial charge in [0.2, 0.25) is 0 Å². The Morgan fingerprint density at radius 3 is 2.31 bits per heavy atom. The van der Waals surface area contributed by atoms with Crippen molar-refractivity contribution in [1.82, 2.24) is 9.80 Å². The van der Waals surface area contributed by atoms with E-state index in [9.17, 15) is 9.59 Å². The Bertz CT molecular complexity index is 1940. The van der Waals surface area contributed by atoms with Gasteiger partial charge in [0, 0.05) is 90.8 Å². The SMILES string of the molecule is [3H]C=C1C[C@H]2CCc3cc(OCc4c[c-]cc(COc5cc6c(cc5OC)C(=O)N5CC(=C[3H])C[C@H]5C=N6)c4)c(C)cc3C(=O)N2C1.[CH2-]C[C-]=O.[W].[Y]. The normalized spacial score (nSPS) is 20.5. The van der Waals surface area contributed by atoms with Gasteiger partial charge in [0.15, 0.2) is 11.5 Å². The minimum Gasteiger partial charge on any atom is -0.544 e. The standard InChI is InChI=1S/C37H36N3O5.C3H4O.W.Y/c1-22-10-28-9-8-27-14-33(24(3)12-30(27)36(41)39(28)18-22)44-20-25-6-5-7-26(13-25)21-45-35-16-32-31(15-34(35)43-4)37(42)40-19-23(2)11-29(40)17-38-32;1-2-3-4;;/h6-7,12-17,28-29H,1-2,8-11,18-21H2,3-4H3;1-2H2;;/q-1;-2;;/t28-,29+;;;/m1.../s1/i1T,2T;;;. The van der Waals surface area contributed by atoms with Crippen LogP contribution in [0.15, 0.2) is 71.7 Å². The number of methoxy groups -OCH3 is 1. The summed E-state index contributed by atoms with van der Waals surface area (Å²) in [5.41, 5.74) is 7.34. The zero-order valence-electron chi connectivity index (χ0n) is 30.8. The zero-order chi connectivity index (χ0) is 36.1. The molecule has 263 valence electrons. The number of hydrogen-bond acceptors (Lipinski definition) is 7. The number of carbonyl (C=O) groups is 2. The first-order valence-electron chi connectivity index (χ1n) is 17.4. The van der Waals surface area contributed by atoms with Crippen molar-refractivity contribution >= 4 is 30.0 Å². The van der Waals surface area contributed by atoms with Gasteiger partial charge in [-0.1, -0.05) is 24.3 Å². The van der Waals surface area contributed by atoms with E-state index in [-0.39, 0.29) is 90.7 Å². The summed E-state index contributed by atoms with van der Waals surface area (Å²) >= 11 is 0. The van der Waals surface area contributed by atoms with Crippen LogP contribution in [0.25, 0.3) is 0 Å². The summed E-state index contributed by atoms with van der Waals surface area (Å²) in [6, 6.07) is 16.3. The molecule has 2 saturated heterocycles. The summed E-state index contributed by atoms with van der Waals surface area (Å²) in [7, 11) is 1.54. The number of benzene rings is 3. The van der Waals surface area contributed by atoms with Crippen LogP contribution >= 0.6 is 0 Å². The Morgan fingerprint density at radius 2 is 1.63 bits per heavy atom. The largest absolute Gasteiger partial charge is 0.544 e. The molecule has 2 atom stereocenters. The Labute approximate surface area is 342 Å². The number of hydrogen-bond donors (Lipinski definition) is 0. The van der Waals surface area contributed by atoms with Gasteiger partial charge in [0.1, 0.15) is 5.75 Å². The first-order chi connectivity index (χ1) is 24.8. The number of ether oxygens (including phenoxy) is 3. The van der Waals surface area contributed by atoms with E-state index in [1.54, 1.807) is 36.6 Å². The average molecular weight is 936 g/mol. The fourth-order valence-electron chi connectivity index (χ4n) is 6.71. The monoisotopic (exact) mass is 935 g/mol. The Morgan fingerprint density at radius 1 is 0.961 bits per heavy atom. The van der Waals surface area contributed by atoms with E-state index in [1.165, 1.54) is 13.1 Å². The molecule has 0 spiro atoms. The molecule has 0 aliphatic carbocycles. The molecule has 3 aromatic carbocycles. The van der Waals surface area contributed by atoms with Crippen molar-refractivity contribution in [3.8, 4) is 17.2 Å². The number of amides is 2. The molecule has 2 amide bonds. The van der Waals surface area contributed by atoms with Gasteiger partial charge in [0.25, 0.3) is 11.8 Å². The van der Waals surface area contributed by atoms with Crippen LogP contribution in [0.5, 0.6) is 17.2 Å². The van der Waals surface area contributed by atoms with Gasteiger partial charge in [-0.15, -0.1) is 11.1 Å². The fourth-order valence-corrected chi connectivity index (χ4v) is 6.71. The molecular weight excluding hydrogens is 891 g/mol. The second-order valence-electron chi connectivity index (χ2n) is 12.6. The maximum Gasteiger partial charge on any atom is 0.257 e. The first-order valence-corrected chi connectivity index (χ1v) is 16.3. The molecule has 7 rings (SSSR count). The number of fused-ring (bicyclic) bond motifs is 4. The number of aryl methyl sites for hydroxylation is 2. The third-order valence-electron chi connectivity index (χ3n) is 9.15. The smallest absolute Gasteiger partial charge is 0.257 e. The van der Waals surface area contributed by atoms with Crippen molar-refractivity contribution < 1.29 is 85.1 Å². The van der Waals surface area contributed by atoms with E-state index in [0.717, 1.165) is 64.0 Å². The van der Waals surface area contributed by atoms with Gasteiger partial charge in [-0.25, -0.2) is 0 Å². The summed E-state index contributed by atoms with van der Waals surface area (Å²) in [6.07, 6.45) is 6.66. The van der Waals surface area contributed by atoms with Gasteiger partial charge in [-0.2, -0.15) is 24.3 Å². The molecule has 0 unspecified atom stereocenters. The summed E-state index contributed by atoms with van der Waals surface area (Å²) in [5, 5.41) is 0. The first kappa shape index (κ1) is 37.4. The molecule has 9 nitrogen and oxygen atoms in total. The Kier molecular flexibility index (Phi) is 13.1. The molecule has 1 radical (unpaired) electrons. The molecule has 0 bridgehead atoms. The molecule has 0 aromatic heterocycles. The second-order valence-corrected chi connectivity index (χ2v) is 12.6. The van der Waals surface area contributed by atoms with Crippen LogP contribution < -0.4 is 14.2 Å². The van der Waals surface area contributed by atoms with Crippen molar-refractivity contribution in [1.29, 1.82) is 0 Å². The molecule has 2 fully saturated rings. The Hall–Kier alpha value is -3.39. The second kappa shape index (κ2) is 17.9. The quantitative estimate of drug-likeness (QED) is 0.190. The molecule has 11 heteroatoms. The third kappa shape index (κ3) is 8.98. The van der Waals surface area contributed by atoms with Gasteiger partial charge >= 0.3 is 0 Å². The predicted octanol–water partition coefficient (Wildman–Crippen LogP) is 6.48. The van der Waals surface area contributed by atoms with E-state index in [4.69, 9.17) is 21.7 Å². The van der Waals surface area contributed by atoms with Crippen LogP contribution in [0, 0.1) is 19.9 Å². The van der Waals surface area contributed by atoms with Crippen molar-refractivity contribution in [3.05, 3.63) is 113 Å². The van der Waals surface area contributed by atoms with Crippen molar-refractivity contribution in [2.75, 3.05) is 20.2 Å². The van der Waals surface area contributed by atoms with Crippen LogP contribution in [-0.2, 0) is 78.2 Å². The summed E-state index contributed by atoms with van der Waals surface area (Å²) in [5.74, 6) is 1.57. The van der Waals surface area contributed by atoms with E-state index in [0.29, 0.717) is 48.9 Å². The molecular formula is C40H40N3O6WY-3. The molecule has 4 aliphatic rings. The van der Waals surface area contributed by atoms with Crippen molar-refractivity contribution in [2.45, 2.75) is 64.3 Å². The van der Waals surface area contributed by atoms with Crippen molar-refractivity contribution in [2.24, 2.45) is 4.99 Å². The number of aliphatic imine (C=N–C) groups is 1. The van der Waals surface area contributed by atoms with Crippen molar-refractivity contribution in [3.63, 3.8) is 0 Å². The topological polar surface area (TPSA) is 97.7 Å². The maximum atomic E-state index is 13.4. The van der Waals surface area contributed by atoms with Gasteiger partial charge < -0.3 is 35.7 Å². The summed E-state index contributed by atoms with van der Waals surface area (Å²) in [4.78, 5) is 44.0. The number of carbonyl (C=O) groups excluding carboxylic acids is 3. The maximum absolute atomic E-state index is 13.4. The molecule has 0 N–H and O–H groups in total. The van der Waals surface area contributed by atoms with Crippen LogP contribution in [0.1, 0.15) is 71.4 Å². The van der Waals surface area contributed by atoms with Gasteiger partial charge in [-0.05, 0) is 61.9 Å². The average Bonchev–Trinajstić information content (AvgIpc) is 3.73.